The minimum absolute atomic E-state index is 0.197. The van der Waals surface area contributed by atoms with Gasteiger partial charge in [-0.25, -0.2) is 9.18 Å². The van der Waals surface area contributed by atoms with E-state index in [1.54, 1.807) is 11.0 Å². The Morgan fingerprint density at radius 1 is 1.15 bits per heavy atom. The fourth-order valence-corrected chi connectivity index (χ4v) is 3.63. The van der Waals surface area contributed by atoms with Crippen molar-refractivity contribution in [3.63, 3.8) is 0 Å². The number of benzene rings is 2. The Kier molecular flexibility index (Phi) is 3.21. The number of aromatic nitrogens is 3. The van der Waals surface area contributed by atoms with Crippen molar-refractivity contribution in [1.29, 1.82) is 0 Å². The summed E-state index contributed by atoms with van der Waals surface area (Å²) in [5, 5.41) is 11.9. The molecule has 0 radical (unpaired) electrons. The third-order valence-corrected chi connectivity index (χ3v) is 4.92. The molecule has 0 saturated heterocycles. The molecule has 0 spiro atoms. The number of H-pyrrole nitrogens is 2. The summed E-state index contributed by atoms with van der Waals surface area (Å²) in [7, 11) is 0. The van der Waals surface area contributed by atoms with Gasteiger partial charge in [0.05, 0.1) is 12.1 Å². The molecule has 130 valence electrons. The zero-order valence-electron chi connectivity index (χ0n) is 13.8. The Morgan fingerprint density at radius 3 is 2.96 bits per heavy atom. The second kappa shape index (κ2) is 5.59. The second-order valence-electron chi connectivity index (χ2n) is 6.49. The van der Waals surface area contributed by atoms with Crippen LogP contribution in [0.3, 0.4) is 0 Å². The van der Waals surface area contributed by atoms with Gasteiger partial charge in [0.1, 0.15) is 5.82 Å². The number of halogens is 1. The highest BCUT2D eigenvalue weighted by molar-refractivity contribution is 5.99. The highest BCUT2D eigenvalue weighted by Gasteiger charge is 2.24. The van der Waals surface area contributed by atoms with Crippen molar-refractivity contribution in [1.82, 2.24) is 20.1 Å². The minimum atomic E-state index is -0.267. The van der Waals surface area contributed by atoms with Crippen LogP contribution in [-0.4, -0.2) is 32.7 Å². The Labute approximate surface area is 148 Å². The monoisotopic (exact) mass is 349 g/mol. The first kappa shape index (κ1) is 14.9. The molecule has 0 unspecified atom stereocenters. The van der Waals surface area contributed by atoms with Crippen LogP contribution in [0.1, 0.15) is 11.3 Å². The molecule has 2 aromatic heterocycles. The van der Waals surface area contributed by atoms with Crippen molar-refractivity contribution in [2.75, 3.05) is 11.9 Å². The Hall–Kier alpha value is -3.35. The van der Waals surface area contributed by atoms with E-state index in [0.717, 1.165) is 39.5 Å². The van der Waals surface area contributed by atoms with Crippen LogP contribution in [0.25, 0.3) is 21.8 Å². The first-order valence-corrected chi connectivity index (χ1v) is 8.47. The van der Waals surface area contributed by atoms with Gasteiger partial charge in [-0.3, -0.25) is 10.4 Å². The summed E-state index contributed by atoms with van der Waals surface area (Å²) in [6, 6.07) is 12.2. The van der Waals surface area contributed by atoms with Crippen molar-refractivity contribution in [3.8, 4) is 0 Å². The lowest BCUT2D eigenvalue weighted by molar-refractivity contribution is 0.206. The fraction of sp³-hybridized carbons (Fsp3) is 0.158. The molecule has 3 heterocycles. The average Bonchev–Trinajstić information content (AvgIpc) is 3.21. The molecule has 6 nitrogen and oxygen atoms in total. The van der Waals surface area contributed by atoms with Crippen LogP contribution in [0.2, 0.25) is 0 Å². The molecule has 1 aliphatic heterocycles. The predicted molar refractivity (Wildman–Crippen MR) is 97.5 cm³/mol. The van der Waals surface area contributed by atoms with Crippen LogP contribution in [0, 0.1) is 5.82 Å². The molecule has 4 aromatic rings. The van der Waals surface area contributed by atoms with Crippen molar-refractivity contribution in [2.24, 2.45) is 0 Å². The first-order valence-electron chi connectivity index (χ1n) is 8.47. The van der Waals surface area contributed by atoms with Gasteiger partial charge in [-0.05, 0) is 42.3 Å². The Balaban J connectivity index is 1.40. The van der Waals surface area contributed by atoms with Crippen LogP contribution in [-0.2, 0) is 13.0 Å². The molecule has 0 fully saturated rings. The number of urea groups is 1. The van der Waals surface area contributed by atoms with Crippen LogP contribution in [0.4, 0.5) is 15.0 Å². The first-order chi connectivity index (χ1) is 12.7. The summed E-state index contributed by atoms with van der Waals surface area (Å²) < 4.78 is 13.4. The molecule has 3 N–H and O–H groups in total. The number of hydrogen-bond acceptors (Lipinski definition) is 2. The molecule has 2 amide bonds. The largest absolute Gasteiger partial charge is 0.357 e. The number of fused-ring (bicyclic) bond motifs is 4. The zero-order chi connectivity index (χ0) is 17.7. The summed E-state index contributed by atoms with van der Waals surface area (Å²) in [5.41, 5.74) is 3.77. The van der Waals surface area contributed by atoms with Gasteiger partial charge in [-0.15, -0.1) is 0 Å². The molecule has 2 aromatic carbocycles. The van der Waals surface area contributed by atoms with Gasteiger partial charge in [-0.2, -0.15) is 5.10 Å². The fourth-order valence-electron chi connectivity index (χ4n) is 3.63. The number of amides is 2. The van der Waals surface area contributed by atoms with Crippen molar-refractivity contribution in [2.45, 2.75) is 13.0 Å². The molecular weight excluding hydrogens is 333 g/mol. The highest BCUT2D eigenvalue weighted by Crippen LogP contribution is 2.28. The molecule has 0 saturated carbocycles. The number of para-hydroxylation sites is 1. The maximum Gasteiger partial charge on any atom is 0.323 e. The van der Waals surface area contributed by atoms with Crippen LogP contribution in [0.15, 0.2) is 42.5 Å². The van der Waals surface area contributed by atoms with Crippen LogP contribution < -0.4 is 5.32 Å². The summed E-state index contributed by atoms with van der Waals surface area (Å²) in [6.07, 6.45) is 0.732. The van der Waals surface area contributed by atoms with Crippen molar-refractivity contribution in [3.05, 3.63) is 59.5 Å². The number of anilines is 1. The number of nitrogens with one attached hydrogen (secondary N) is 3. The van der Waals surface area contributed by atoms with Gasteiger partial charge >= 0.3 is 6.03 Å². The number of nitrogens with zero attached hydrogens (tertiary/aromatic N) is 2. The molecule has 5 rings (SSSR count). The van der Waals surface area contributed by atoms with E-state index in [-0.39, 0.29) is 11.8 Å². The lowest BCUT2D eigenvalue weighted by Crippen LogP contribution is -2.38. The van der Waals surface area contributed by atoms with E-state index in [1.807, 2.05) is 24.3 Å². The van der Waals surface area contributed by atoms with E-state index >= 15 is 0 Å². The molecular formula is C19H16FN5O. The van der Waals surface area contributed by atoms with E-state index in [2.05, 4.69) is 20.5 Å². The van der Waals surface area contributed by atoms with E-state index in [0.29, 0.717) is 18.9 Å². The smallest absolute Gasteiger partial charge is 0.323 e. The second-order valence-corrected chi connectivity index (χ2v) is 6.49. The summed E-state index contributed by atoms with van der Waals surface area (Å²) in [4.78, 5) is 17.7. The predicted octanol–water partition coefficient (Wildman–Crippen LogP) is 3.77. The molecule has 0 atom stereocenters. The average molecular weight is 349 g/mol. The van der Waals surface area contributed by atoms with Crippen LogP contribution in [0.5, 0.6) is 0 Å². The third-order valence-electron chi connectivity index (χ3n) is 4.92. The number of rotatable bonds is 1. The van der Waals surface area contributed by atoms with E-state index in [4.69, 9.17) is 0 Å². The normalized spacial score (nSPS) is 14.0. The van der Waals surface area contributed by atoms with Crippen molar-refractivity contribution >= 4 is 33.7 Å². The lowest BCUT2D eigenvalue weighted by Gasteiger charge is -2.27. The summed E-state index contributed by atoms with van der Waals surface area (Å²) in [5.74, 6) is 0.256. The molecule has 0 aliphatic carbocycles. The van der Waals surface area contributed by atoms with Crippen molar-refractivity contribution < 1.29 is 9.18 Å². The summed E-state index contributed by atoms with van der Waals surface area (Å²) in [6.45, 7) is 1.06. The minimum Gasteiger partial charge on any atom is -0.357 e. The van der Waals surface area contributed by atoms with E-state index in [1.165, 1.54) is 12.1 Å². The maximum absolute atomic E-state index is 13.4. The number of aromatic amines is 2. The topological polar surface area (TPSA) is 76.8 Å². The number of carbonyl (C=O) groups is 1. The maximum atomic E-state index is 13.4. The number of carbonyl (C=O) groups excluding carboxylic acids is 1. The van der Waals surface area contributed by atoms with Gasteiger partial charge in [0.2, 0.25) is 0 Å². The lowest BCUT2D eigenvalue weighted by atomic mass is 10.0. The Morgan fingerprint density at radius 2 is 2.04 bits per heavy atom. The quantitative estimate of drug-likeness (QED) is 0.489. The van der Waals surface area contributed by atoms with Gasteiger partial charge < -0.3 is 9.88 Å². The highest BCUT2D eigenvalue weighted by atomic mass is 19.1. The van der Waals surface area contributed by atoms with Gasteiger partial charge in [0.25, 0.3) is 0 Å². The van der Waals surface area contributed by atoms with E-state index < -0.39 is 0 Å². The van der Waals surface area contributed by atoms with Gasteiger partial charge in [0, 0.05) is 28.5 Å². The standard InChI is InChI=1S/C19H16FN5O/c20-11-5-6-12-13-7-8-25(10-17(13)21-16(12)9-11)19(26)22-18-14-3-1-2-4-15(14)23-24-18/h1-6,9,21H,7-8,10H2,(H2,22,23,24,26). The van der Waals surface area contributed by atoms with E-state index in [9.17, 15) is 9.18 Å². The molecule has 1 aliphatic rings. The summed E-state index contributed by atoms with van der Waals surface area (Å²) >= 11 is 0. The number of hydrogen-bond donors (Lipinski definition) is 3. The zero-order valence-corrected chi connectivity index (χ0v) is 13.8. The molecule has 0 bridgehead atoms. The Bertz CT molecular complexity index is 1150. The molecule has 26 heavy (non-hydrogen) atoms. The van der Waals surface area contributed by atoms with Gasteiger partial charge in [0.15, 0.2) is 5.82 Å². The van der Waals surface area contributed by atoms with Crippen LogP contribution >= 0.6 is 0 Å². The third kappa shape index (κ3) is 2.32. The molecule has 7 heteroatoms. The SMILES string of the molecule is O=C(Nc1n[nH]c2ccccc12)N1CCc2c([nH]c3cc(F)ccc23)C1. The van der Waals surface area contributed by atoms with Gasteiger partial charge in [-0.1, -0.05) is 12.1 Å².